The highest BCUT2D eigenvalue weighted by molar-refractivity contribution is 5.96. The molecule has 0 unspecified atom stereocenters. The Morgan fingerprint density at radius 2 is 1.78 bits per heavy atom. The second-order valence-electron chi connectivity index (χ2n) is 3.46. The van der Waals surface area contributed by atoms with Gasteiger partial charge in [0.25, 0.3) is 5.91 Å². The first kappa shape index (κ1) is 14.0. The molecule has 0 fully saturated rings. The van der Waals surface area contributed by atoms with E-state index in [2.05, 4.69) is 10.1 Å². The van der Waals surface area contributed by atoms with Crippen LogP contribution in [-0.4, -0.2) is 24.6 Å². The molecule has 0 aliphatic carbocycles. The number of benzene rings is 1. The Bertz CT molecular complexity index is 440. The van der Waals surface area contributed by atoms with E-state index in [0.717, 1.165) is 12.1 Å². The van der Waals surface area contributed by atoms with Crippen molar-refractivity contribution >= 4 is 11.7 Å². The van der Waals surface area contributed by atoms with Gasteiger partial charge in [-0.1, -0.05) is 0 Å². The molecule has 4 nitrogen and oxygen atoms in total. The summed E-state index contributed by atoms with van der Waals surface area (Å²) in [5.41, 5.74) is 0.144. The molecule has 1 aromatic rings. The third-order valence-electron chi connectivity index (χ3n) is 1.85. The predicted octanol–water partition coefficient (Wildman–Crippen LogP) is 1.90. The zero-order chi connectivity index (χ0) is 13.8. The Hall–Kier alpha value is -2.05. The van der Waals surface area contributed by atoms with E-state index in [1.165, 1.54) is 19.1 Å². The first-order chi connectivity index (χ1) is 8.28. The molecule has 0 heterocycles. The van der Waals surface area contributed by atoms with Gasteiger partial charge < -0.3 is 10.1 Å². The van der Waals surface area contributed by atoms with E-state index in [1.807, 2.05) is 0 Å². The molecule has 0 spiro atoms. The minimum absolute atomic E-state index is 0.125. The summed E-state index contributed by atoms with van der Waals surface area (Å²) in [5, 5.41) is 2.31. The smallest absolute Gasteiger partial charge is 0.406 e. The van der Waals surface area contributed by atoms with Gasteiger partial charge in [0.1, 0.15) is 11.5 Å². The van der Waals surface area contributed by atoms with Gasteiger partial charge in [0.2, 0.25) is 0 Å². The van der Waals surface area contributed by atoms with Crippen LogP contribution in [0.15, 0.2) is 24.3 Å². The van der Waals surface area contributed by atoms with Crippen LogP contribution in [0.4, 0.5) is 13.2 Å². The number of ether oxygens (including phenoxy) is 1. The van der Waals surface area contributed by atoms with Crippen molar-refractivity contribution in [1.82, 2.24) is 5.32 Å². The lowest BCUT2D eigenvalue weighted by atomic mass is 10.2. The summed E-state index contributed by atoms with van der Waals surface area (Å²) >= 11 is 0. The molecule has 0 aromatic heterocycles. The number of carbonyl (C=O) groups excluding carboxylic acids is 2. The van der Waals surface area contributed by atoms with Crippen molar-refractivity contribution in [2.24, 2.45) is 0 Å². The molecule has 1 aromatic carbocycles. The largest absolute Gasteiger partial charge is 0.573 e. The Balaban J connectivity index is 2.65. The lowest BCUT2D eigenvalue weighted by Crippen LogP contribution is -2.28. The predicted molar refractivity (Wildman–Crippen MR) is 56.1 cm³/mol. The molecular formula is C11H10F3NO3. The maximum atomic E-state index is 11.9. The third-order valence-corrected chi connectivity index (χ3v) is 1.85. The van der Waals surface area contributed by atoms with Gasteiger partial charge in [-0.2, -0.15) is 0 Å². The van der Waals surface area contributed by atoms with Crippen LogP contribution in [0, 0.1) is 0 Å². The first-order valence-electron chi connectivity index (χ1n) is 4.91. The maximum absolute atomic E-state index is 11.9. The number of alkyl halides is 3. The molecule has 0 saturated carbocycles. The molecule has 1 amide bonds. The van der Waals surface area contributed by atoms with Crippen LogP contribution in [-0.2, 0) is 4.79 Å². The Labute approximate surface area is 101 Å². The lowest BCUT2D eigenvalue weighted by molar-refractivity contribution is -0.274. The third kappa shape index (κ3) is 4.86. The van der Waals surface area contributed by atoms with Crippen LogP contribution in [0.2, 0.25) is 0 Å². The fourth-order valence-electron chi connectivity index (χ4n) is 1.11. The van der Waals surface area contributed by atoms with Gasteiger partial charge in [0.05, 0.1) is 6.54 Å². The molecule has 0 saturated heterocycles. The first-order valence-corrected chi connectivity index (χ1v) is 4.91. The molecule has 1 N–H and O–H groups in total. The fraction of sp³-hybridized carbons (Fsp3) is 0.273. The van der Waals surface area contributed by atoms with Crippen molar-refractivity contribution in [3.05, 3.63) is 29.8 Å². The van der Waals surface area contributed by atoms with Crippen molar-refractivity contribution in [2.75, 3.05) is 6.54 Å². The zero-order valence-corrected chi connectivity index (χ0v) is 9.38. The van der Waals surface area contributed by atoms with Crippen molar-refractivity contribution < 1.29 is 27.5 Å². The van der Waals surface area contributed by atoms with Crippen molar-refractivity contribution in [3.63, 3.8) is 0 Å². The van der Waals surface area contributed by atoms with Crippen LogP contribution < -0.4 is 10.1 Å². The topological polar surface area (TPSA) is 55.4 Å². The number of nitrogens with one attached hydrogen (secondary N) is 1. The van der Waals surface area contributed by atoms with E-state index in [9.17, 15) is 22.8 Å². The molecule has 0 aliphatic heterocycles. The van der Waals surface area contributed by atoms with Gasteiger partial charge >= 0.3 is 6.36 Å². The minimum Gasteiger partial charge on any atom is -0.406 e. The van der Waals surface area contributed by atoms with Crippen LogP contribution >= 0.6 is 0 Å². The molecule has 0 bridgehead atoms. The van der Waals surface area contributed by atoms with E-state index in [-0.39, 0.29) is 17.9 Å². The number of hydrogen-bond donors (Lipinski definition) is 1. The van der Waals surface area contributed by atoms with Gasteiger partial charge in [-0.15, -0.1) is 13.2 Å². The van der Waals surface area contributed by atoms with E-state index in [0.29, 0.717) is 0 Å². The van der Waals surface area contributed by atoms with Crippen LogP contribution in [0.25, 0.3) is 0 Å². The summed E-state index contributed by atoms with van der Waals surface area (Å²) in [4.78, 5) is 22.0. The Kier molecular flexibility index (Phi) is 4.30. The van der Waals surface area contributed by atoms with Crippen molar-refractivity contribution in [1.29, 1.82) is 0 Å². The van der Waals surface area contributed by atoms with E-state index < -0.39 is 18.0 Å². The number of Topliss-reactive ketones (excluding diaryl/α,β-unsaturated/α-hetero) is 1. The highest BCUT2D eigenvalue weighted by Gasteiger charge is 2.31. The van der Waals surface area contributed by atoms with Crippen molar-refractivity contribution in [3.8, 4) is 5.75 Å². The SMILES string of the molecule is CC(=O)CNC(=O)c1ccc(OC(F)(F)F)cc1. The van der Waals surface area contributed by atoms with Gasteiger partial charge in [0.15, 0.2) is 0 Å². The van der Waals surface area contributed by atoms with Crippen LogP contribution in [0.3, 0.4) is 0 Å². The zero-order valence-electron chi connectivity index (χ0n) is 9.38. The average molecular weight is 261 g/mol. The van der Waals surface area contributed by atoms with E-state index in [1.54, 1.807) is 0 Å². The molecule has 0 aliphatic rings. The normalized spacial score (nSPS) is 10.9. The molecular weight excluding hydrogens is 251 g/mol. The quantitative estimate of drug-likeness (QED) is 0.900. The number of amides is 1. The molecule has 0 radical (unpaired) electrons. The van der Waals surface area contributed by atoms with Gasteiger partial charge in [-0.3, -0.25) is 9.59 Å². The van der Waals surface area contributed by atoms with Gasteiger partial charge in [-0.05, 0) is 31.2 Å². The molecule has 7 heteroatoms. The summed E-state index contributed by atoms with van der Waals surface area (Å²) in [7, 11) is 0. The molecule has 98 valence electrons. The van der Waals surface area contributed by atoms with E-state index >= 15 is 0 Å². The number of rotatable bonds is 4. The summed E-state index contributed by atoms with van der Waals surface area (Å²) in [5.74, 6) is -1.17. The highest BCUT2D eigenvalue weighted by Crippen LogP contribution is 2.22. The minimum atomic E-state index is -4.77. The fourth-order valence-corrected chi connectivity index (χ4v) is 1.11. The van der Waals surface area contributed by atoms with Crippen molar-refractivity contribution in [2.45, 2.75) is 13.3 Å². The summed E-state index contributed by atoms with van der Waals surface area (Å²) in [6.45, 7) is 1.18. The molecule has 0 atom stereocenters. The second kappa shape index (κ2) is 5.52. The number of ketones is 1. The molecule has 18 heavy (non-hydrogen) atoms. The standard InChI is InChI=1S/C11H10F3NO3/c1-7(16)6-15-10(17)8-2-4-9(5-3-8)18-11(12,13)14/h2-5H,6H2,1H3,(H,15,17). The monoisotopic (exact) mass is 261 g/mol. The Morgan fingerprint density at radius 1 is 1.22 bits per heavy atom. The number of hydrogen-bond acceptors (Lipinski definition) is 3. The highest BCUT2D eigenvalue weighted by atomic mass is 19.4. The second-order valence-corrected chi connectivity index (χ2v) is 3.46. The number of carbonyl (C=O) groups is 2. The van der Waals surface area contributed by atoms with E-state index in [4.69, 9.17) is 0 Å². The van der Waals surface area contributed by atoms with Gasteiger partial charge in [-0.25, -0.2) is 0 Å². The van der Waals surface area contributed by atoms with Crippen LogP contribution in [0.1, 0.15) is 17.3 Å². The number of halogens is 3. The summed E-state index contributed by atoms with van der Waals surface area (Å²) in [6.07, 6.45) is -4.77. The van der Waals surface area contributed by atoms with Crippen LogP contribution in [0.5, 0.6) is 5.75 Å². The maximum Gasteiger partial charge on any atom is 0.573 e. The Morgan fingerprint density at radius 3 is 2.22 bits per heavy atom. The summed E-state index contributed by atoms with van der Waals surface area (Å²) < 4.78 is 39.3. The lowest BCUT2D eigenvalue weighted by Gasteiger charge is -2.09. The summed E-state index contributed by atoms with van der Waals surface area (Å²) in [6, 6.07) is 4.40. The van der Waals surface area contributed by atoms with Gasteiger partial charge in [0, 0.05) is 5.56 Å². The average Bonchev–Trinajstić information content (AvgIpc) is 2.24. The molecule has 1 rings (SSSR count).